The lowest BCUT2D eigenvalue weighted by atomic mass is 9.91. The first-order valence-corrected chi connectivity index (χ1v) is 5.25. The van der Waals surface area contributed by atoms with E-state index in [1.165, 1.54) is 5.56 Å². The first-order valence-electron chi connectivity index (χ1n) is 5.25. The van der Waals surface area contributed by atoms with Crippen molar-refractivity contribution in [2.45, 2.75) is 39.7 Å². The molecule has 2 rings (SSSR count). The molecule has 2 heterocycles. The SMILES string of the molecule is CC(C)C(C)c1noc2c1COCC2. The minimum atomic E-state index is 0.448. The third kappa shape index (κ3) is 1.57. The number of aromatic nitrogens is 1. The monoisotopic (exact) mass is 195 g/mol. The van der Waals surface area contributed by atoms with Gasteiger partial charge in [-0.2, -0.15) is 0 Å². The Kier molecular flexibility index (Phi) is 2.59. The van der Waals surface area contributed by atoms with E-state index >= 15 is 0 Å². The highest BCUT2D eigenvalue weighted by Crippen LogP contribution is 2.30. The number of fused-ring (bicyclic) bond motifs is 1. The third-order valence-corrected chi connectivity index (χ3v) is 3.05. The van der Waals surface area contributed by atoms with Gasteiger partial charge >= 0.3 is 0 Å². The van der Waals surface area contributed by atoms with Crippen LogP contribution >= 0.6 is 0 Å². The summed E-state index contributed by atoms with van der Waals surface area (Å²) in [6, 6.07) is 0. The van der Waals surface area contributed by atoms with Crippen molar-refractivity contribution in [1.82, 2.24) is 5.16 Å². The Morgan fingerprint density at radius 2 is 2.07 bits per heavy atom. The van der Waals surface area contributed by atoms with Gasteiger partial charge in [0.1, 0.15) is 5.76 Å². The molecular weight excluding hydrogens is 178 g/mol. The first-order chi connectivity index (χ1) is 6.70. The second-order valence-electron chi connectivity index (χ2n) is 4.30. The minimum absolute atomic E-state index is 0.448. The van der Waals surface area contributed by atoms with E-state index in [1.54, 1.807) is 0 Å². The maximum Gasteiger partial charge on any atom is 0.144 e. The van der Waals surface area contributed by atoms with Crippen LogP contribution in [0.1, 0.15) is 43.7 Å². The molecule has 0 saturated heterocycles. The van der Waals surface area contributed by atoms with Gasteiger partial charge in [-0.1, -0.05) is 25.9 Å². The molecule has 78 valence electrons. The van der Waals surface area contributed by atoms with Crippen LogP contribution in [0.15, 0.2) is 4.52 Å². The summed E-state index contributed by atoms with van der Waals surface area (Å²) in [5.41, 5.74) is 2.28. The van der Waals surface area contributed by atoms with Gasteiger partial charge in [0, 0.05) is 17.9 Å². The molecule has 14 heavy (non-hydrogen) atoms. The van der Waals surface area contributed by atoms with Gasteiger partial charge in [0.25, 0.3) is 0 Å². The molecule has 0 aromatic carbocycles. The molecule has 1 aliphatic rings. The van der Waals surface area contributed by atoms with Crippen LogP contribution in [0.3, 0.4) is 0 Å². The summed E-state index contributed by atoms with van der Waals surface area (Å²) in [5, 5.41) is 4.16. The van der Waals surface area contributed by atoms with Crippen LogP contribution in [0.5, 0.6) is 0 Å². The van der Waals surface area contributed by atoms with Crippen molar-refractivity contribution in [3.8, 4) is 0 Å². The van der Waals surface area contributed by atoms with E-state index in [0.717, 1.165) is 24.5 Å². The van der Waals surface area contributed by atoms with E-state index in [4.69, 9.17) is 9.26 Å². The average Bonchev–Trinajstić information content (AvgIpc) is 2.60. The van der Waals surface area contributed by atoms with Crippen molar-refractivity contribution < 1.29 is 9.26 Å². The van der Waals surface area contributed by atoms with E-state index in [0.29, 0.717) is 18.4 Å². The number of nitrogens with zero attached hydrogens (tertiary/aromatic N) is 1. The topological polar surface area (TPSA) is 35.3 Å². The van der Waals surface area contributed by atoms with Crippen molar-refractivity contribution in [2.24, 2.45) is 5.92 Å². The van der Waals surface area contributed by atoms with E-state index in [1.807, 2.05) is 0 Å². The number of ether oxygens (including phenoxy) is 1. The zero-order chi connectivity index (χ0) is 10.1. The summed E-state index contributed by atoms with van der Waals surface area (Å²) >= 11 is 0. The number of hydrogen-bond donors (Lipinski definition) is 0. The van der Waals surface area contributed by atoms with Crippen LogP contribution in [-0.4, -0.2) is 11.8 Å². The van der Waals surface area contributed by atoms with E-state index in [2.05, 4.69) is 25.9 Å². The smallest absolute Gasteiger partial charge is 0.144 e. The van der Waals surface area contributed by atoms with Crippen LogP contribution in [0.2, 0.25) is 0 Å². The van der Waals surface area contributed by atoms with Crippen LogP contribution in [0.4, 0.5) is 0 Å². The molecule has 0 radical (unpaired) electrons. The number of hydrogen-bond acceptors (Lipinski definition) is 3. The predicted molar refractivity (Wildman–Crippen MR) is 53.1 cm³/mol. The molecule has 1 aromatic heterocycles. The van der Waals surface area contributed by atoms with Gasteiger partial charge in [0.05, 0.1) is 18.9 Å². The van der Waals surface area contributed by atoms with Gasteiger partial charge in [-0.25, -0.2) is 0 Å². The first kappa shape index (κ1) is 9.71. The summed E-state index contributed by atoms with van der Waals surface area (Å²) < 4.78 is 10.8. The number of rotatable bonds is 2. The van der Waals surface area contributed by atoms with Gasteiger partial charge in [0.2, 0.25) is 0 Å². The van der Waals surface area contributed by atoms with Crippen LogP contribution < -0.4 is 0 Å². The van der Waals surface area contributed by atoms with Gasteiger partial charge in [-0.3, -0.25) is 0 Å². The molecular formula is C11H17NO2. The highest BCUT2D eigenvalue weighted by atomic mass is 16.5. The molecule has 0 aliphatic carbocycles. The zero-order valence-electron chi connectivity index (χ0n) is 9.04. The summed E-state index contributed by atoms with van der Waals surface area (Å²) in [5.74, 6) is 2.06. The molecule has 0 spiro atoms. The van der Waals surface area contributed by atoms with Crippen molar-refractivity contribution in [2.75, 3.05) is 6.61 Å². The van der Waals surface area contributed by atoms with Gasteiger partial charge in [-0.15, -0.1) is 0 Å². The van der Waals surface area contributed by atoms with Crippen molar-refractivity contribution in [3.05, 3.63) is 17.0 Å². The molecule has 0 N–H and O–H groups in total. The molecule has 0 fully saturated rings. The van der Waals surface area contributed by atoms with Crippen LogP contribution in [-0.2, 0) is 17.8 Å². The van der Waals surface area contributed by atoms with Crippen molar-refractivity contribution >= 4 is 0 Å². The Morgan fingerprint density at radius 3 is 2.79 bits per heavy atom. The van der Waals surface area contributed by atoms with Gasteiger partial charge < -0.3 is 9.26 Å². The van der Waals surface area contributed by atoms with Crippen LogP contribution in [0.25, 0.3) is 0 Å². The normalized spacial score (nSPS) is 18.3. The Bertz CT molecular complexity index is 317. The highest BCUT2D eigenvalue weighted by molar-refractivity contribution is 5.26. The molecule has 3 heteroatoms. The Hall–Kier alpha value is -0.830. The lowest BCUT2D eigenvalue weighted by Gasteiger charge is -2.16. The Balaban J connectivity index is 2.30. The molecule has 1 aliphatic heterocycles. The summed E-state index contributed by atoms with van der Waals surface area (Å²) in [7, 11) is 0. The second-order valence-corrected chi connectivity index (χ2v) is 4.30. The summed E-state index contributed by atoms with van der Waals surface area (Å²) in [6.45, 7) is 8.03. The van der Waals surface area contributed by atoms with Crippen LogP contribution in [0, 0.1) is 5.92 Å². The standard InChI is InChI=1S/C11H17NO2/c1-7(2)8(3)11-9-6-13-5-4-10(9)14-12-11/h7-8H,4-6H2,1-3H3. The van der Waals surface area contributed by atoms with E-state index < -0.39 is 0 Å². The van der Waals surface area contributed by atoms with Crippen molar-refractivity contribution in [3.63, 3.8) is 0 Å². The van der Waals surface area contributed by atoms with Gasteiger partial charge in [0.15, 0.2) is 0 Å². The molecule has 3 nitrogen and oxygen atoms in total. The lowest BCUT2D eigenvalue weighted by Crippen LogP contribution is -2.12. The Morgan fingerprint density at radius 1 is 1.29 bits per heavy atom. The fourth-order valence-electron chi connectivity index (χ4n) is 1.72. The summed E-state index contributed by atoms with van der Waals surface area (Å²) in [4.78, 5) is 0. The molecule has 1 aromatic rings. The molecule has 0 saturated carbocycles. The molecule has 0 amide bonds. The fourth-order valence-corrected chi connectivity index (χ4v) is 1.72. The zero-order valence-corrected chi connectivity index (χ0v) is 9.04. The van der Waals surface area contributed by atoms with Crippen molar-refractivity contribution in [1.29, 1.82) is 0 Å². The highest BCUT2D eigenvalue weighted by Gasteiger charge is 2.24. The third-order valence-electron chi connectivity index (χ3n) is 3.05. The second kappa shape index (κ2) is 3.73. The largest absolute Gasteiger partial charge is 0.376 e. The van der Waals surface area contributed by atoms with Gasteiger partial charge in [-0.05, 0) is 5.92 Å². The lowest BCUT2D eigenvalue weighted by molar-refractivity contribution is 0.102. The quantitative estimate of drug-likeness (QED) is 0.727. The fraction of sp³-hybridized carbons (Fsp3) is 0.727. The minimum Gasteiger partial charge on any atom is -0.376 e. The van der Waals surface area contributed by atoms with E-state index in [-0.39, 0.29) is 0 Å². The average molecular weight is 195 g/mol. The maximum atomic E-state index is 5.42. The molecule has 1 unspecified atom stereocenters. The Labute approximate surface area is 84.4 Å². The molecule has 1 atom stereocenters. The predicted octanol–water partition coefficient (Wildman–Crippen LogP) is 2.51. The van der Waals surface area contributed by atoms with E-state index in [9.17, 15) is 0 Å². The summed E-state index contributed by atoms with van der Waals surface area (Å²) in [6.07, 6.45) is 0.868. The molecule has 0 bridgehead atoms. The maximum absolute atomic E-state index is 5.42.